The van der Waals surface area contributed by atoms with Crippen LogP contribution in [0.2, 0.25) is 0 Å². The second-order valence-electron chi connectivity index (χ2n) is 9.28. The summed E-state index contributed by atoms with van der Waals surface area (Å²) in [6.45, 7) is 6.22. The Labute approximate surface area is 225 Å². The molecule has 2 saturated heterocycles. The molecule has 2 amide bonds. The lowest BCUT2D eigenvalue weighted by molar-refractivity contribution is -0.126. The molecule has 2 aliphatic heterocycles. The minimum atomic E-state index is -0.407. The third kappa shape index (κ3) is 5.70. The molecule has 5 rings (SSSR count). The summed E-state index contributed by atoms with van der Waals surface area (Å²) in [5.74, 6) is 1.88. The van der Waals surface area contributed by atoms with Gasteiger partial charge in [0, 0.05) is 50.1 Å². The van der Waals surface area contributed by atoms with Crippen molar-refractivity contribution < 1.29 is 19.1 Å². The summed E-state index contributed by atoms with van der Waals surface area (Å²) in [5, 5.41) is 9.19. The van der Waals surface area contributed by atoms with Crippen LogP contribution in [0.3, 0.4) is 0 Å². The molecule has 4 heterocycles. The third-order valence-electron chi connectivity index (χ3n) is 6.69. The molecule has 0 bridgehead atoms. The Morgan fingerprint density at radius 1 is 1.26 bits per heavy atom. The first-order valence-corrected chi connectivity index (χ1v) is 14.0. The summed E-state index contributed by atoms with van der Waals surface area (Å²) in [6, 6.07) is 7.32. The van der Waals surface area contributed by atoms with Gasteiger partial charge in [-0.25, -0.2) is 14.6 Å². The minimum Gasteiger partial charge on any atom is -0.497 e. The number of methoxy groups -OCH3 is 1. The minimum absolute atomic E-state index is 0.0686. The van der Waals surface area contributed by atoms with Gasteiger partial charge in [-0.05, 0) is 18.6 Å². The highest BCUT2D eigenvalue weighted by Gasteiger charge is 2.35. The topological polar surface area (TPSA) is 115 Å². The van der Waals surface area contributed by atoms with E-state index in [-0.39, 0.29) is 18.2 Å². The maximum atomic E-state index is 12.9. The molecule has 2 fully saturated rings. The molecule has 0 radical (unpaired) electrons. The maximum Gasteiger partial charge on any atom is 0.227 e. The smallest absolute Gasteiger partial charge is 0.227 e. The SMILES string of the molecule is CCCSc1nc(N2CCOCC2)c2cnn(CCNC(=O)C3CC(=O)N(c4cccc(OC)c4)C3)c2n1. The number of ether oxygens (including phenoxy) is 2. The summed E-state index contributed by atoms with van der Waals surface area (Å²) in [4.78, 5) is 39.1. The Kier molecular flexibility index (Phi) is 8.28. The van der Waals surface area contributed by atoms with Crippen LogP contribution in [0.15, 0.2) is 35.6 Å². The van der Waals surface area contributed by atoms with E-state index in [0.717, 1.165) is 53.0 Å². The lowest BCUT2D eigenvalue weighted by atomic mass is 10.1. The zero-order chi connectivity index (χ0) is 26.5. The fourth-order valence-corrected chi connectivity index (χ4v) is 5.39. The number of fused-ring (bicyclic) bond motifs is 1. The van der Waals surface area contributed by atoms with Gasteiger partial charge in [0.2, 0.25) is 11.8 Å². The van der Waals surface area contributed by atoms with E-state index in [2.05, 4.69) is 22.2 Å². The first-order chi connectivity index (χ1) is 18.6. The second kappa shape index (κ2) is 12.0. The molecule has 3 aromatic rings. The Morgan fingerprint density at radius 3 is 2.89 bits per heavy atom. The third-order valence-corrected chi connectivity index (χ3v) is 7.74. The standard InChI is InChI=1S/C26H33N7O4S/c1-3-13-38-26-29-23(31-9-11-37-12-10-31)21-16-28-33(24(21)30-26)8-7-27-25(35)18-14-22(34)32(17-18)19-5-4-6-20(15-19)36-2/h4-6,15-16,18H,3,7-14,17H2,1-2H3,(H,27,35). The average Bonchev–Trinajstić information content (AvgIpc) is 3.55. The summed E-state index contributed by atoms with van der Waals surface area (Å²) in [6.07, 6.45) is 3.02. The van der Waals surface area contributed by atoms with Gasteiger partial charge >= 0.3 is 0 Å². The first-order valence-electron chi connectivity index (χ1n) is 13.0. The molecule has 1 N–H and O–H groups in total. The van der Waals surface area contributed by atoms with Gasteiger partial charge in [-0.1, -0.05) is 24.8 Å². The molecule has 1 unspecified atom stereocenters. The molecule has 38 heavy (non-hydrogen) atoms. The van der Waals surface area contributed by atoms with Gasteiger partial charge in [-0.3, -0.25) is 9.59 Å². The van der Waals surface area contributed by atoms with Crippen molar-refractivity contribution in [3.05, 3.63) is 30.5 Å². The molecule has 2 aromatic heterocycles. The van der Waals surface area contributed by atoms with E-state index in [1.165, 1.54) is 0 Å². The number of rotatable bonds is 10. The Hall–Kier alpha value is -3.38. The Bertz CT molecular complexity index is 1290. The predicted octanol–water partition coefficient (Wildman–Crippen LogP) is 2.34. The van der Waals surface area contributed by atoms with Crippen molar-refractivity contribution in [2.24, 2.45) is 5.92 Å². The van der Waals surface area contributed by atoms with E-state index in [1.54, 1.807) is 36.0 Å². The van der Waals surface area contributed by atoms with Gasteiger partial charge in [0.25, 0.3) is 0 Å². The number of morpholine rings is 1. The summed E-state index contributed by atoms with van der Waals surface area (Å²) >= 11 is 1.64. The zero-order valence-electron chi connectivity index (χ0n) is 21.8. The Morgan fingerprint density at radius 2 is 2.11 bits per heavy atom. The summed E-state index contributed by atoms with van der Waals surface area (Å²) < 4.78 is 12.6. The highest BCUT2D eigenvalue weighted by Crippen LogP contribution is 2.29. The molecule has 2 aliphatic rings. The fraction of sp³-hybridized carbons (Fsp3) is 0.500. The number of carbonyl (C=O) groups excluding carboxylic acids is 2. The molecular formula is C26H33N7O4S. The number of anilines is 2. The van der Waals surface area contributed by atoms with Crippen molar-refractivity contribution in [2.75, 3.05) is 62.1 Å². The van der Waals surface area contributed by atoms with E-state index in [1.807, 2.05) is 22.9 Å². The first kappa shape index (κ1) is 26.2. The Balaban J connectivity index is 1.24. The van der Waals surface area contributed by atoms with Gasteiger partial charge in [0.1, 0.15) is 11.6 Å². The number of nitrogens with one attached hydrogen (secondary N) is 1. The molecule has 0 saturated carbocycles. The molecule has 11 nitrogen and oxygen atoms in total. The number of thioether (sulfide) groups is 1. The number of hydrogen-bond donors (Lipinski definition) is 1. The van der Waals surface area contributed by atoms with Crippen LogP contribution in [0.5, 0.6) is 5.75 Å². The molecular weight excluding hydrogens is 506 g/mol. The van der Waals surface area contributed by atoms with Crippen molar-refractivity contribution in [1.82, 2.24) is 25.1 Å². The van der Waals surface area contributed by atoms with Crippen LogP contribution >= 0.6 is 11.8 Å². The van der Waals surface area contributed by atoms with Crippen molar-refractivity contribution in [1.29, 1.82) is 0 Å². The van der Waals surface area contributed by atoms with E-state index in [4.69, 9.17) is 19.4 Å². The molecule has 1 atom stereocenters. The van der Waals surface area contributed by atoms with Gasteiger partial charge in [0.15, 0.2) is 10.8 Å². The summed E-state index contributed by atoms with van der Waals surface area (Å²) in [5.41, 5.74) is 1.50. The van der Waals surface area contributed by atoms with Crippen molar-refractivity contribution in [3.8, 4) is 5.75 Å². The van der Waals surface area contributed by atoms with Crippen LogP contribution in [0.25, 0.3) is 11.0 Å². The second-order valence-corrected chi connectivity index (χ2v) is 10.3. The van der Waals surface area contributed by atoms with Gasteiger partial charge < -0.3 is 24.6 Å². The maximum absolute atomic E-state index is 12.9. The van der Waals surface area contributed by atoms with Crippen molar-refractivity contribution in [2.45, 2.75) is 31.5 Å². The lowest BCUT2D eigenvalue weighted by Crippen LogP contribution is -2.37. The van der Waals surface area contributed by atoms with E-state index in [0.29, 0.717) is 38.6 Å². The quantitative estimate of drug-likeness (QED) is 0.306. The van der Waals surface area contributed by atoms with Crippen LogP contribution in [0.4, 0.5) is 11.5 Å². The van der Waals surface area contributed by atoms with Crippen LogP contribution in [0, 0.1) is 5.92 Å². The van der Waals surface area contributed by atoms with E-state index < -0.39 is 5.92 Å². The van der Waals surface area contributed by atoms with Crippen LogP contribution in [-0.2, 0) is 20.9 Å². The number of hydrogen-bond acceptors (Lipinski definition) is 9. The molecule has 0 aliphatic carbocycles. The molecule has 1 aromatic carbocycles. The number of benzene rings is 1. The number of aromatic nitrogens is 4. The normalized spacial score (nSPS) is 17.8. The van der Waals surface area contributed by atoms with Crippen molar-refractivity contribution >= 4 is 46.1 Å². The largest absolute Gasteiger partial charge is 0.497 e. The van der Waals surface area contributed by atoms with Gasteiger partial charge in [-0.2, -0.15) is 5.10 Å². The van der Waals surface area contributed by atoms with E-state index in [9.17, 15) is 9.59 Å². The van der Waals surface area contributed by atoms with Gasteiger partial charge in [0.05, 0.1) is 44.4 Å². The predicted molar refractivity (Wildman–Crippen MR) is 146 cm³/mol. The average molecular weight is 540 g/mol. The number of nitrogens with zero attached hydrogens (tertiary/aromatic N) is 6. The molecule has 202 valence electrons. The van der Waals surface area contributed by atoms with Gasteiger partial charge in [-0.15, -0.1) is 0 Å². The lowest BCUT2D eigenvalue weighted by Gasteiger charge is -2.28. The molecule has 12 heteroatoms. The van der Waals surface area contributed by atoms with Crippen molar-refractivity contribution in [3.63, 3.8) is 0 Å². The fourth-order valence-electron chi connectivity index (χ4n) is 4.70. The molecule has 0 spiro atoms. The number of amides is 2. The number of carbonyl (C=O) groups is 2. The zero-order valence-corrected chi connectivity index (χ0v) is 22.6. The van der Waals surface area contributed by atoms with Crippen LogP contribution in [0.1, 0.15) is 19.8 Å². The van der Waals surface area contributed by atoms with E-state index >= 15 is 0 Å². The highest BCUT2D eigenvalue weighted by atomic mass is 32.2. The monoisotopic (exact) mass is 539 g/mol. The summed E-state index contributed by atoms with van der Waals surface area (Å²) in [7, 11) is 1.59. The van der Waals surface area contributed by atoms with Crippen LogP contribution < -0.4 is 19.9 Å². The van der Waals surface area contributed by atoms with Crippen LogP contribution in [-0.4, -0.2) is 83.8 Å². The highest BCUT2D eigenvalue weighted by molar-refractivity contribution is 7.99.